The van der Waals surface area contributed by atoms with Crippen LogP contribution in [0.2, 0.25) is 5.02 Å². The number of benzene rings is 1. The van der Waals surface area contributed by atoms with Crippen LogP contribution < -0.4 is 5.73 Å². The standard InChI is InChI=1S/C10H13ClFNO/c11-7-3-4-8(9(12)6-7)10(13)2-1-5-14/h3-4,6,10,14H,1-2,5,13H2/t10-/m0/s1. The molecule has 0 saturated heterocycles. The molecule has 14 heavy (non-hydrogen) atoms. The molecular weight excluding hydrogens is 205 g/mol. The molecule has 1 aromatic carbocycles. The molecule has 0 aliphatic heterocycles. The molecule has 0 heterocycles. The van der Waals surface area contributed by atoms with E-state index in [2.05, 4.69) is 0 Å². The first kappa shape index (κ1) is 11.4. The van der Waals surface area contributed by atoms with Crippen LogP contribution in [0.3, 0.4) is 0 Å². The summed E-state index contributed by atoms with van der Waals surface area (Å²) >= 11 is 5.61. The fraction of sp³-hybridized carbons (Fsp3) is 0.400. The van der Waals surface area contributed by atoms with E-state index in [1.165, 1.54) is 6.07 Å². The lowest BCUT2D eigenvalue weighted by Crippen LogP contribution is -2.12. The van der Waals surface area contributed by atoms with Gasteiger partial charge in [0.1, 0.15) is 5.82 Å². The predicted octanol–water partition coefficient (Wildman–Crippen LogP) is 2.25. The highest BCUT2D eigenvalue weighted by Gasteiger charge is 2.10. The molecule has 0 bridgehead atoms. The van der Waals surface area contributed by atoms with E-state index in [9.17, 15) is 4.39 Å². The van der Waals surface area contributed by atoms with Gasteiger partial charge in [0.25, 0.3) is 0 Å². The highest BCUT2D eigenvalue weighted by molar-refractivity contribution is 6.30. The van der Waals surface area contributed by atoms with E-state index >= 15 is 0 Å². The number of hydrogen-bond donors (Lipinski definition) is 2. The third-order valence-electron chi connectivity index (χ3n) is 2.04. The zero-order valence-electron chi connectivity index (χ0n) is 7.71. The van der Waals surface area contributed by atoms with E-state index in [0.29, 0.717) is 23.4 Å². The van der Waals surface area contributed by atoms with Gasteiger partial charge in [-0.05, 0) is 25.0 Å². The Morgan fingerprint density at radius 2 is 2.21 bits per heavy atom. The summed E-state index contributed by atoms with van der Waals surface area (Å²) in [7, 11) is 0. The van der Waals surface area contributed by atoms with Crippen LogP contribution in [0.1, 0.15) is 24.4 Å². The van der Waals surface area contributed by atoms with Crippen LogP contribution in [0.5, 0.6) is 0 Å². The summed E-state index contributed by atoms with van der Waals surface area (Å²) in [5.74, 6) is -0.386. The van der Waals surface area contributed by atoms with Crippen molar-refractivity contribution in [3.05, 3.63) is 34.6 Å². The average molecular weight is 218 g/mol. The van der Waals surface area contributed by atoms with Gasteiger partial charge in [-0.25, -0.2) is 4.39 Å². The van der Waals surface area contributed by atoms with E-state index in [4.69, 9.17) is 22.4 Å². The van der Waals surface area contributed by atoms with Gasteiger partial charge in [-0.3, -0.25) is 0 Å². The Balaban J connectivity index is 2.74. The third kappa shape index (κ3) is 2.94. The van der Waals surface area contributed by atoms with Crippen molar-refractivity contribution in [2.75, 3.05) is 6.61 Å². The Hall–Kier alpha value is -0.640. The topological polar surface area (TPSA) is 46.2 Å². The number of aliphatic hydroxyl groups is 1. The summed E-state index contributed by atoms with van der Waals surface area (Å²) in [4.78, 5) is 0. The molecule has 3 N–H and O–H groups in total. The first-order chi connectivity index (χ1) is 6.65. The lowest BCUT2D eigenvalue weighted by molar-refractivity contribution is 0.279. The summed E-state index contributed by atoms with van der Waals surface area (Å²) in [5, 5.41) is 8.97. The number of rotatable bonds is 4. The van der Waals surface area contributed by atoms with Crippen molar-refractivity contribution in [3.8, 4) is 0 Å². The maximum absolute atomic E-state index is 13.3. The van der Waals surface area contributed by atoms with Crippen LogP contribution in [0, 0.1) is 5.82 Å². The number of nitrogens with two attached hydrogens (primary N) is 1. The second-order valence-corrected chi connectivity index (χ2v) is 3.57. The first-order valence-corrected chi connectivity index (χ1v) is 4.84. The van der Waals surface area contributed by atoms with Crippen molar-refractivity contribution >= 4 is 11.6 Å². The Labute approximate surface area is 87.5 Å². The van der Waals surface area contributed by atoms with Crippen molar-refractivity contribution in [1.82, 2.24) is 0 Å². The fourth-order valence-corrected chi connectivity index (χ4v) is 1.43. The van der Waals surface area contributed by atoms with Gasteiger partial charge in [0.2, 0.25) is 0 Å². The summed E-state index contributed by atoms with van der Waals surface area (Å²) in [5.41, 5.74) is 6.18. The molecule has 0 aliphatic carbocycles. The minimum Gasteiger partial charge on any atom is -0.396 e. The molecule has 0 amide bonds. The van der Waals surface area contributed by atoms with Crippen LogP contribution >= 0.6 is 11.6 Å². The number of halogens is 2. The summed E-state index contributed by atoms with van der Waals surface area (Å²) in [6.45, 7) is 0.0723. The Kier molecular flexibility index (Phi) is 4.32. The summed E-state index contributed by atoms with van der Waals surface area (Å²) < 4.78 is 13.3. The SMILES string of the molecule is N[C@@H](CCCO)c1ccc(Cl)cc1F. The lowest BCUT2D eigenvalue weighted by atomic mass is 10.0. The van der Waals surface area contributed by atoms with Gasteiger partial charge < -0.3 is 10.8 Å². The van der Waals surface area contributed by atoms with Crippen molar-refractivity contribution in [2.45, 2.75) is 18.9 Å². The lowest BCUT2D eigenvalue weighted by Gasteiger charge is -2.12. The van der Waals surface area contributed by atoms with Gasteiger partial charge in [-0.2, -0.15) is 0 Å². The van der Waals surface area contributed by atoms with E-state index < -0.39 is 0 Å². The third-order valence-corrected chi connectivity index (χ3v) is 2.27. The highest BCUT2D eigenvalue weighted by Crippen LogP contribution is 2.21. The molecule has 1 atom stereocenters. The van der Waals surface area contributed by atoms with Crippen LogP contribution in [0.4, 0.5) is 4.39 Å². The number of hydrogen-bond acceptors (Lipinski definition) is 2. The van der Waals surface area contributed by atoms with Crippen molar-refractivity contribution in [1.29, 1.82) is 0 Å². The molecule has 0 unspecified atom stereocenters. The van der Waals surface area contributed by atoms with E-state index in [1.54, 1.807) is 12.1 Å². The maximum Gasteiger partial charge on any atom is 0.129 e. The minimum atomic E-state index is -0.386. The van der Waals surface area contributed by atoms with Crippen LogP contribution in [0.15, 0.2) is 18.2 Å². The van der Waals surface area contributed by atoms with Crippen LogP contribution in [-0.2, 0) is 0 Å². The summed E-state index contributed by atoms with van der Waals surface area (Å²) in [6.07, 6.45) is 1.14. The van der Waals surface area contributed by atoms with Crippen molar-refractivity contribution in [2.24, 2.45) is 5.73 Å². The molecule has 78 valence electrons. The smallest absolute Gasteiger partial charge is 0.129 e. The van der Waals surface area contributed by atoms with E-state index in [-0.39, 0.29) is 18.5 Å². The van der Waals surface area contributed by atoms with Crippen LogP contribution in [-0.4, -0.2) is 11.7 Å². The van der Waals surface area contributed by atoms with Crippen LogP contribution in [0.25, 0.3) is 0 Å². The molecule has 1 aromatic rings. The monoisotopic (exact) mass is 217 g/mol. The Morgan fingerprint density at radius 1 is 1.50 bits per heavy atom. The largest absolute Gasteiger partial charge is 0.396 e. The second-order valence-electron chi connectivity index (χ2n) is 3.14. The first-order valence-electron chi connectivity index (χ1n) is 4.46. The highest BCUT2D eigenvalue weighted by atomic mass is 35.5. The Bertz CT molecular complexity index is 306. The molecule has 0 aliphatic rings. The average Bonchev–Trinajstić information content (AvgIpc) is 2.14. The molecule has 0 fully saturated rings. The van der Waals surface area contributed by atoms with Gasteiger partial charge in [0.15, 0.2) is 0 Å². The molecule has 2 nitrogen and oxygen atoms in total. The van der Waals surface area contributed by atoms with Gasteiger partial charge in [-0.1, -0.05) is 17.7 Å². The summed E-state index contributed by atoms with van der Waals surface area (Å²) in [6, 6.07) is 4.06. The zero-order chi connectivity index (χ0) is 10.6. The van der Waals surface area contributed by atoms with Gasteiger partial charge in [-0.15, -0.1) is 0 Å². The predicted molar refractivity (Wildman–Crippen MR) is 54.7 cm³/mol. The molecule has 4 heteroatoms. The molecule has 0 saturated carbocycles. The van der Waals surface area contributed by atoms with Crippen molar-refractivity contribution < 1.29 is 9.50 Å². The molecule has 0 radical (unpaired) electrons. The fourth-order valence-electron chi connectivity index (χ4n) is 1.27. The molecule has 0 aromatic heterocycles. The van der Waals surface area contributed by atoms with E-state index in [0.717, 1.165) is 0 Å². The van der Waals surface area contributed by atoms with Crippen molar-refractivity contribution in [3.63, 3.8) is 0 Å². The molecular formula is C10H13ClFNO. The maximum atomic E-state index is 13.3. The molecule has 0 spiro atoms. The second kappa shape index (κ2) is 5.29. The minimum absolute atomic E-state index is 0.0723. The number of aliphatic hydroxyl groups excluding tert-OH is 1. The zero-order valence-corrected chi connectivity index (χ0v) is 8.47. The molecule has 1 rings (SSSR count). The van der Waals surface area contributed by atoms with Gasteiger partial charge >= 0.3 is 0 Å². The quantitative estimate of drug-likeness (QED) is 0.813. The normalized spacial score (nSPS) is 12.9. The van der Waals surface area contributed by atoms with E-state index in [1.807, 2.05) is 0 Å². The van der Waals surface area contributed by atoms with Gasteiger partial charge in [0, 0.05) is 23.2 Å². The van der Waals surface area contributed by atoms with Gasteiger partial charge in [0.05, 0.1) is 0 Å². The Morgan fingerprint density at radius 3 is 2.79 bits per heavy atom.